The van der Waals surface area contributed by atoms with E-state index >= 15 is 0 Å². The summed E-state index contributed by atoms with van der Waals surface area (Å²) in [5.74, 6) is 0.841. The summed E-state index contributed by atoms with van der Waals surface area (Å²) in [7, 11) is 0. The van der Waals surface area contributed by atoms with Gasteiger partial charge in [-0.1, -0.05) is 6.08 Å². The molecule has 0 saturated heterocycles. The molecule has 0 atom stereocenters. The van der Waals surface area contributed by atoms with Gasteiger partial charge < -0.3 is 4.90 Å². The Bertz CT molecular complexity index is 159. The molecule has 13 heavy (non-hydrogen) atoms. The summed E-state index contributed by atoms with van der Waals surface area (Å²) in [6, 6.07) is 0. The number of hydrogen-bond acceptors (Lipinski definition) is 1. The van der Waals surface area contributed by atoms with Crippen LogP contribution in [0.4, 0.5) is 0 Å². The number of amides is 1. The zero-order valence-electron chi connectivity index (χ0n) is 8.26. The molecule has 0 fully saturated rings. The fourth-order valence-corrected chi connectivity index (χ4v) is 1.28. The van der Waals surface area contributed by atoms with Gasteiger partial charge in [0, 0.05) is 25.4 Å². The van der Waals surface area contributed by atoms with Crippen molar-refractivity contribution in [1.29, 1.82) is 0 Å². The Morgan fingerprint density at radius 2 is 2.23 bits per heavy atom. The van der Waals surface area contributed by atoms with E-state index in [0.717, 1.165) is 19.4 Å². The highest BCUT2D eigenvalue weighted by atomic mass is 35.5. The summed E-state index contributed by atoms with van der Waals surface area (Å²) >= 11 is 5.52. The minimum absolute atomic E-state index is 0.201. The summed E-state index contributed by atoms with van der Waals surface area (Å²) in [5, 5.41) is 0. The highest BCUT2D eigenvalue weighted by Crippen LogP contribution is 2.02. The number of alkyl halides is 1. The summed E-state index contributed by atoms with van der Waals surface area (Å²) in [4.78, 5) is 13.3. The van der Waals surface area contributed by atoms with Gasteiger partial charge in [-0.05, 0) is 19.8 Å². The van der Waals surface area contributed by atoms with E-state index in [-0.39, 0.29) is 5.91 Å². The highest BCUT2D eigenvalue weighted by molar-refractivity contribution is 6.17. The van der Waals surface area contributed by atoms with Crippen LogP contribution in [0.3, 0.4) is 0 Å². The van der Waals surface area contributed by atoms with Crippen molar-refractivity contribution in [2.45, 2.75) is 26.2 Å². The van der Waals surface area contributed by atoms with E-state index in [0.29, 0.717) is 18.8 Å². The Morgan fingerprint density at radius 3 is 2.69 bits per heavy atom. The Hall–Kier alpha value is -0.500. The molecule has 0 saturated carbocycles. The Kier molecular flexibility index (Phi) is 7.80. The third-order valence-electron chi connectivity index (χ3n) is 1.86. The quantitative estimate of drug-likeness (QED) is 0.354. The molecule has 0 aromatic heterocycles. The molecule has 1 amide bonds. The van der Waals surface area contributed by atoms with Gasteiger partial charge in [0.25, 0.3) is 0 Å². The molecule has 0 aliphatic carbocycles. The van der Waals surface area contributed by atoms with Crippen LogP contribution in [0.1, 0.15) is 26.2 Å². The molecule has 76 valence electrons. The van der Waals surface area contributed by atoms with Crippen LogP contribution < -0.4 is 0 Å². The van der Waals surface area contributed by atoms with E-state index in [2.05, 4.69) is 6.58 Å². The monoisotopic (exact) mass is 203 g/mol. The van der Waals surface area contributed by atoms with Crippen LogP contribution >= 0.6 is 11.6 Å². The lowest BCUT2D eigenvalue weighted by molar-refractivity contribution is -0.130. The van der Waals surface area contributed by atoms with Crippen molar-refractivity contribution in [3.8, 4) is 0 Å². The molecular weight excluding hydrogens is 186 g/mol. The van der Waals surface area contributed by atoms with Crippen LogP contribution in [0.5, 0.6) is 0 Å². The first-order valence-corrected chi connectivity index (χ1v) is 5.24. The van der Waals surface area contributed by atoms with Crippen molar-refractivity contribution >= 4 is 17.5 Å². The number of rotatable bonds is 7. The van der Waals surface area contributed by atoms with E-state index in [9.17, 15) is 4.79 Å². The molecule has 3 heteroatoms. The maximum atomic E-state index is 11.5. The number of carbonyl (C=O) groups excluding carboxylic acids is 1. The molecule has 0 aromatic carbocycles. The molecule has 0 rings (SSSR count). The lowest BCUT2D eigenvalue weighted by Gasteiger charge is -2.18. The molecule has 0 aliphatic heterocycles. The largest absolute Gasteiger partial charge is 0.339 e. The van der Waals surface area contributed by atoms with Gasteiger partial charge in [0.2, 0.25) is 5.91 Å². The summed E-state index contributed by atoms with van der Waals surface area (Å²) < 4.78 is 0. The van der Waals surface area contributed by atoms with Gasteiger partial charge in [-0.3, -0.25) is 4.79 Å². The van der Waals surface area contributed by atoms with Gasteiger partial charge >= 0.3 is 0 Å². The first-order valence-electron chi connectivity index (χ1n) is 4.70. The van der Waals surface area contributed by atoms with Crippen molar-refractivity contribution in [2.75, 3.05) is 19.0 Å². The number of nitrogens with zero attached hydrogens (tertiary/aromatic N) is 1. The molecule has 0 aliphatic rings. The predicted octanol–water partition coefficient (Wildman–Crippen LogP) is 2.43. The van der Waals surface area contributed by atoms with Crippen molar-refractivity contribution in [3.63, 3.8) is 0 Å². The van der Waals surface area contributed by atoms with E-state index in [4.69, 9.17) is 11.6 Å². The number of halogens is 1. The topological polar surface area (TPSA) is 20.3 Å². The molecule has 0 spiro atoms. The highest BCUT2D eigenvalue weighted by Gasteiger charge is 2.08. The molecule has 0 aromatic rings. The number of unbranched alkanes of at least 4 members (excludes halogenated alkanes) is 1. The van der Waals surface area contributed by atoms with Gasteiger partial charge in [-0.15, -0.1) is 18.2 Å². The summed E-state index contributed by atoms with van der Waals surface area (Å²) in [5.41, 5.74) is 0. The van der Waals surface area contributed by atoms with Crippen LogP contribution in [-0.2, 0) is 4.79 Å². The summed E-state index contributed by atoms with van der Waals surface area (Å²) in [6.07, 6.45) is 4.16. The fraction of sp³-hybridized carbons (Fsp3) is 0.700. The fourth-order valence-electron chi connectivity index (χ4n) is 1.09. The average Bonchev–Trinajstić information content (AvgIpc) is 2.14. The maximum absolute atomic E-state index is 11.5. The zero-order valence-corrected chi connectivity index (χ0v) is 9.02. The van der Waals surface area contributed by atoms with Gasteiger partial charge in [-0.2, -0.15) is 0 Å². The maximum Gasteiger partial charge on any atom is 0.222 e. The standard InChI is InChI=1S/C10H18ClNO/c1-3-9-12(4-2)10(13)7-5-6-8-11/h3H,1,4-9H2,2H3. The zero-order chi connectivity index (χ0) is 10.1. The lowest BCUT2D eigenvalue weighted by atomic mass is 10.2. The second-order valence-corrected chi connectivity index (χ2v) is 3.25. The molecular formula is C10H18ClNO. The van der Waals surface area contributed by atoms with Crippen LogP contribution in [0, 0.1) is 0 Å². The van der Waals surface area contributed by atoms with Gasteiger partial charge in [0.05, 0.1) is 0 Å². The van der Waals surface area contributed by atoms with E-state index < -0.39 is 0 Å². The molecule has 0 heterocycles. The van der Waals surface area contributed by atoms with Gasteiger partial charge in [0.1, 0.15) is 0 Å². The van der Waals surface area contributed by atoms with Crippen LogP contribution in [-0.4, -0.2) is 29.8 Å². The molecule has 2 nitrogen and oxygen atoms in total. The molecule has 0 radical (unpaired) electrons. The first kappa shape index (κ1) is 12.5. The lowest BCUT2D eigenvalue weighted by Crippen LogP contribution is -2.30. The smallest absolute Gasteiger partial charge is 0.222 e. The number of carbonyl (C=O) groups is 1. The molecule has 0 N–H and O–H groups in total. The third-order valence-corrected chi connectivity index (χ3v) is 2.13. The molecule has 0 unspecified atom stereocenters. The first-order chi connectivity index (χ1) is 6.26. The number of likely N-dealkylation sites (N-methyl/N-ethyl adjacent to an activating group) is 1. The number of hydrogen-bond donors (Lipinski definition) is 0. The van der Waals surface area contributed by atoms with E-state index in [1.54, 1.807) is 11.0 Å². The van der Waals surface area contributed by atoms with E-state index in [1.165, 1.54) is 0 Å². The molecule has 0 bridgehead atoms. The SMILES string of the molecule is C=CCN(CC)C(=O)CCCCCl. The van der Waals surface area contributed by atoms with Gasteiger partial charge in [-0.25, -0.2) is 0 Å². The Labute approximate surface area is 85.6 Å². The van der Waals surface area contributed by atoms with Crippen LogP contribution in [0.15, 0.2) is 12.7 Å². The third kappa shape index (κ3) is 5.69. The minimum Gasteiger partial charge on any atom is -0.339 e. The van der Waals surface area contributed by atoms with Crippen LogP contribution in [0.25, 0.3) is 0 Å². The van der Waals surface area contributed by atoms with Crippen molar-refractivity contribution in [1.82, 2.24) is 4.90 Å². The Morgan fingerprint density at radius 1 is 1.54 bits per heavy atom. The normalized spacial score (nSPS) is 9.69. The predicted molar refractivity (Wildman–Crippen MR) is 57.0 cm³/mol. The Balaban J connectivity index is 3.70. The van der Waals surface area contributed by atoms with E-state index in [1.807, 2.05) is 6.92 Å². The minimum atomic E-state index is 0.201. The average molecular weight is 204 g/mol. The van der Waals surface area contributed by atoms with Crippen molar-refractivity contribution in [3.05, 3.63) is 12.7 Å². The van der Waals surface area contributed by atoms with Crippen molar-refractivity contribution in [2.24, 2.45) is 0 Å². The van der Waals surface area contributed by atoms with Crippen molar-refractivity contribution < 1.29 is 4.79 Å². The second-order valence-electron chi connectivity index (χ2n) is 2.87. The second kappa shape index (κ2) is 8.11. The van der Waals surface area contributed by atoms with Gasteiger partial charge in [0.15, 0.2) is 0 Å². The van der Waals surface area contributed by atoms with Crippen LogP contribution in [0.2, 0.25) is 0 Å². The summed E-state index contributed by atoms with van der Waals surface area (Å²) in [6.45, 7) is 6.99.